The minimum absolute atomic E-state index is 0.00502. The van der Waals surface area contributed by atoms with E-state index >= 15 is 0 Å². The lowest BCUT2D eigenvalue weighted by Gasteiger charge is -2.25. The van der Waals surface area contributed by atoms with Crippen molar-refractivity contribution >= 4 is 16.9 Å². The zero-order valence-corrected chi connectivity index (χ0v) is 15.2. The summed E-state index contributed by atoms with van der Waals surface area (Å²) in [6, 6.07) is 8.09. The number of rotatable bonds is 4. The fourth-order valence-electron chi connectivity index (χ4n) is 3.86. The normalized spacial score (nSPS) is 17.2. The van der Waals surface area contributed by atoms with Crippen molar-refractivity contribution in [3.8, 4) is 0 Å². The summed E-state index contributed by atoms with van der Waals surface area (Å²) in [6.07, 6.45) is 6.83. The second-order valence-electron chi connectivity index (χ2n) is 6.81. The second-order valence-corrected chi connectivity index (χ2v) is 6.81. The molecule has 6 heteroatoms. The Labute approximate surface area is 152 Å². The van der Waals surface area contributed by atoms with Crippen molar-refractivity contribution in [1.29, 1.82) is 0 Å². The van der Waals surface area contributed by atoms with Crippen LogP contribution in [0.5, 0.6) is 0 Å². The van der Waals surface area contributed by atoms with Crippen LogP contribution in [0, 0.1) is 0 Å². The minimum Gasteiger partial charge on any atom is -0.329 e. The third-order valence-corrected chi connectivity index (χ3v) is 5.15. The van der Waals surface area contributed by atoms with Gasteiger partial charge in [0.15, 0.2) is 0 Å². The molecule has 134 valence electrons. The Kier molecular flexibility index (Phi) is 4.41. The molecule has 1 aromatic carbocycles. The van der Waals surface area contributed by atoms with Gasteiger partial charge in [-0.1, -0.05) is 25.5 Å². The molecule has 3 aromatic rings. The molecule has 2 aromatic heterocycles. The van der Waals surface area contributed by atoms with Gasteiger partial charge in [-0.2, -0.15) is 0 Å². The molecule has 1 amide bonds. The van der Waals surface area contributed by atoms with E-state index in [-0.39, 0.29) is 11.9 Å². The maximum Gasteiger partial charge on any atom is 0.257 e. The quantitative estimate of drug-likeness (QED) is 0.725. The molecular weight excluding hydrogens is 326 g/mol. The number of amides is 1. The predicted molar refractivity (Wildman–Crippen MR) is 99.8 cm³/mol. The van der Waals surface area contributed by atoms with Crippen LogP contribution in [0.3, 0.4) is 0 Å². The first-order valence-corrected chi connectivity index (χ1v) is 9.22. The first-order chi connectivity index (χ1) is 12.7. The van der Waals surface area contributed by atoms with Crippen molar-refractivity contribution in [3.63, 3.8) is 0 Å². The summed E-state index contributed by atoms with van der Waals surface area (Å²) in [6.45, 7) is 2.83. The van der Waals surface area contributed by atoms with Crippen LogP contribution in [0.1, 0.15) is 54.1 Å². The summed E-state index contributed by atoms with van der Waals surface area (Å²) in [4.78, 5) is 28.4. The first kappa shape index (κ1) is 16.7. The molecule has 4 rings (SSSR count). The van der Waals surface area contributed by atoms with Gasteiger partial charge in [0, 0.05) is 19.8 Å². The average molecular weight is 349 g/mol. The zero-order chi connectivity index (χ0) is 18.1. The van der Waals surface area contributed by atoms with Gasteiger partial charge in [0.05, 0.1) is 28.3 Å². The number of carbonyl (C=O) groups is 1. The number of aromatic nitrogens is 4. The van der Waals surface area contributed by atoms with Crippen LogP contribution >= 0.6 is 0 Å². The molecular formula is C20H23N5O. The maximum absolute atomic E-state index is 13.3. The summed E-state index contributed by atoms with van der Waals surface area (Å²) < 4.78 is 2.11. The van der Waals surface area contributed by atoms with Crippen molar-refractivity contribution in [3.05, 3.63) is 53.9 Å². The van der Waals surface area contributed by atoms with Gasteiger partial charge in [-0.3, -0.25) is 4.79 Å². The van der Waals surface area contributed by atoms with E-state index in [2.05, 4.69) is 27.5 Å². The zero-order valence-electron chi connectivity index (χ0n) is 15.2. The minimum atomic E-state index is -0.00502. The van der Waals surface area contributed by atoms with Crippen LogP contribution < -0.4 is 0 Å². The summed E-state index contributed by atoms with van der Waals surface area (Å²) in [7, 11) is 2.03. The van der Waals surface area contributed by atoms with E-state index in [0.29, 0.717) is 5.56 Å². The van der Waals surface area contributed by atoms with Crippen molar-refractivity contribution in [1.82, 2.24) is 24.4 Å². The number of nitrogens with zero attached hydrogens (tertiary/aromatic N) is 5. The van der Waals surface area contributed by atoms with E-state index in [9.17, 15) is 4.79 Å². The molecule has 6 nitrogen and oxygen atoms in total. The standard InChI is InChI=1S/C20H23N5O/c1-3-7-15-14(12-21-13-22-15)20(26)25-11-6-10-18(25)19-23-16-8-4-5-9-17(16)24(19)2/h4-5,8-9,12-13,18H,3,6-7,10-11H2,1-2H3. The molecule has 1 aliphatic rings. The number of likely N-dealkylation sites (tertiary alicyclic amines) is 1. The van der Waals surface area contributed by atoms with E-state index < -0.39 is 0 Å². The summed E-state index contributed by atoms with van der Waals surface area (Å²) in [5.41, 5.74) is 3.53. The van der Waals surface area contributed by atoms with Gasteiger partial charge in [0.25, 0.3) is 5.91 Å². The third-order valence-electron chi connectivity index (χ3n) is 5.15. The molecule has 0 bridgehead atoms. The lowest BCUT2D eigenvalue weighted by Crippen LogP contribution is -2.32. The fourth-order valence-corrected chi connectivity index (χ4v) is 3.86. The molecule has 1 unspecified atom stereocenters. The Morgan fingerprint density at radius 2 is 2.15 bits per heavy atom. The highest BCUT2D eigenvalue weighted by molar-refractivity contribution is 5.95. The number of hydrogen-bond donors (Lipinski definition) is 0. The molecule has 1 saturated heterocycles. The molecule has 0 radical (unpaired) electrons. The van der Waals surface area contributed by atoms with E-state index in [4.69, 9.17) is 4.98 Å². The molecule has 0 saturated carbocycles. The van der Waals surface area contributed by atoms with Gasteiger partial charge in [-0.05, 0) is 31.4 Å². The molecule has 1 aliphatic heterocycles. The van der Waals surface area contributed by atoms with Crippen molar-refractivity contribution < 1.29 is 4.79 Å². The van der Waals surface area contributed by atoms with Gasteiger partial charge in [-0.15, -0.1) is 0 Å². The Morgan fingerprint density at radius 3 is 2.96 bits per heavy atom. The molecule has 26 heavy (non-hydrogen) atoms. The summed E-state index contributed by atoms with van der Waals surface area (Å²) in [5, 5.41) is 0. The molecule has 1 atom stereocenters. The number of hydrogen-bond acceptors (Lipinski definition) is 4. The Hall–Kier alpha value is -2.76. The molecule has 0 spiro atoms. The van der Waals surface area contributed by atoms with Crippen molar-refractivity contribution in [2.75, 3.05) is 6.54 Å². The van der Waals surface area contributed by atoms with Gasteiger partial charge in [0.1, 0.15) is 12.2 Å². The van der Waals surface area contributed by atoms with E-state index in [1.165, 1.54) is 6.33 Å². The highest BCUT2D eigenvalue weighted by Gasteiger charge is 2.34. The number of carbonyl (C=O) groups excluding carboxylic acids is 1. The van der Waals surface area contributed by atoms with Crippen LogP contribution in [-0.2, 0) is 13.5 Å². The fraction of sp³-hybridized carbons (Fsp3) is 0.400. The summed E-state index contributed by atoms with van der Waals surface area (Å²) in [5.74, 6) is 0.967. The SMILES string of the molecule is CCCc1ncncc1C(=O)N1CCCC1c1nc2ccccc2n1C. The van der Waals surface area contributed by atoms with Gasteiger partial charge in [0.2, 0.25) is 0 Å². The Morgan fingerprint density at radius 1 is 1.31 bits per heavy atom. The van der Waals surface area contributed by atoms with E-state index in [1.54, 1.807) is 6.20 Å². The van der Waals surface area contributed by atoms with Crippen LogP contribution in [0.15, 0.2) is 36.8 Å². The molecule has 0 N–H and O–H groups in total. The van der Waals surface area contributed by atoms with Gasteiger partial charge >= 0.3 is 0 Å². The second kappa shape index (κ2) is 6.86. The average Bonchev–Trinajstić information content (AvgIpc) is 3.27. The van der Waals surface area contributed by atoms with Gasteiger partial charge < -0.3 is 9.47 Å². The highest BCUT2D eigenvalue weighted by Crippen LogP contribution is 2.34. The smallest absolute Gasteiger partial charge is 0.257 e. The van der Waals surface area contributed by atoms with Gasteiger partial charge in [-0.25, -0.2) is 15.0 Å². The lowest BCUT2D eigenvalue weighted by atomic mass is 10.1. The largest absolute Gasteiger partial charge is 0.329 e. The highest BCUT2D eigenvalue weighted by atomic mass is 16.2. The number of aryl methyl sites for hydroxylation is 2. The van der Waals surface area contributed by atoms with E-state index in [1.807, 2.05) is 30.1 Å². The predicted octanol–water partition coefficient (Wildman–Crippen LogP) is 3.29. The monoisotopic (exact) mass is 349 g/mol. The topological polar surface area (TPSA) is 63.9 Å². The number of fused-ring (bicyclic) bond motifs is 1. The molecule has 0 aliphatic carbocycles. The molecule has 3 heterocycles. The van der Waals surface area contributed by atoms with Crippen LogP contribution in [0.2, 0.25) is 0 Å². The molecule has 1 fully saturated rings. The lowest BCUT2D eigenvalue weighted by molar-refractivity contribution is 0.0726. The Bertz CT molecular complexity index is 948. The van der Waals surface area contributed by atoms with Crippen molar-refractivity contribution in [2.45, 2.75) is 38.6 Å². The summed E-state index contributed by atoms with van der Waals surface area (Å²) >= 11 is 0. The van der Waals surface area contributed by atoms with Crippen LogP contribution in [0.4, 0.5) is 0 Å². The number of imidazole rings is 1. The third kappa shape index (κ3) is 2.75. The first-order valence-electron chi connectivity index (χ1n) is 9.22. The van der Waals surface area contributed by atoms with E-state index in [0.717, 1.165) is 54.8 Å². The van der Waals surface area contributed by atoms with Crippen LogP contribution in [0.25, 0.3) is 11.0 Å². The number of para-hydroxylation sites is 2. The van der Waals surface area contributed by atoms with Crippen molar-refractivity contribution in [2.24, 2.45) is 7.05 Å². The maximum atomic E-state index is 13.3. The van der Waals surface area contributed by atoms with Crippen LogP contribution in [-0.4, -0.2) is 36.9 Å². The number of benzene rings is 1. The Balaban J connectivity index is 1.70.